The molecular weight excluding hydrogens is 273 g/mol. The van der Waals surface area contributed by atoms with Crippen LogP contribution in [0.5, 0.6) is 0 Å². The van der Waals surface area contributed by atoms with Crippen LogP contribution in [0, 0.1) is 11.2 Å². The largest absolute Gasteiger partial charge is 0.409 e. The topological polar surface area (TPSA) is 78.9 Å². The number of hydrogen-bond acceptors (Lipinski definition) is 3. The van der Waals surface area contributed by atoms with E-state index in [1.54, 1.807) is 24.1 Å². The molecule has 1 amide bonds. The first-order valence-corrected chi connectivity index (χ1v) is 6.97. The third-order valence-electron chi connectivity index (χ3n) is 4.14. The van der Waals surface area contributed by atoms with Crippen molar-refractivity contribution >= 4 is 11.7 Å². The molecule has 5 nitrogen and oxygen atoms in total. The number of benzene rings is 1. The van der Waals surface area contributed by atoms with Crippen molar-refractivity contribution in [3.8, 4) is 0 Å². The zero-order valence-corrected chi connectivity index (χ0v) is 12.1. The average molecular weight is 293 g/mol. The van der Waals surface area contributed by atoms with Gasteiger partial charge in [0.1, 0.15) is 11.2 Å². The maximum absolute atomic E-state index is 12.9. The fraction of sp³-hybridized carbons (Fsp3) is 0.467. The number of nitrogens with zero attached hydrogens (tertiary/aromatic N) is 2. The quantitative estimate of drug-likeness (QED) is 0.386. The summed E-state index contributed by atoms with van der Waals surface area (Å²) in [6.07, 6.45) is 2.95. The molecule has 1 aromatic rings. The molecule has 0 saturated heterocycles. The normalized spacial score (nSPS) is 17.7. The fourth-order valence-electron chi connectivity index (χ4n) is 2.95. The molecule has 6 heteroatoms. The molecule has 21 heavy (non-hydrogen) atoms. The van der Waals surface area contributed by atoms with Gasteiger partial charge in [0.15, 0.2) is 5.84 Å². The van der Waals surface area contributed by atoms with Crippen LogP contribution in [0.4, 0.5) is 4.39 Å². The lowest BCUT2D eigenvalue weighted by atomic mass is 9.83. The predicted molar refractivity (Wildman–Crippen MR) is 77.2 cm³/mol. The summed E-state index contributed by atoms with van der Waals surface area (Å²) in [5, 5.41) is 12.0. The first-order chi connectivity index (χ1) is 9.99. The summed E-state index contributed by atoms with van der Waals surface area (Å²) in [6, 6.07) is 6.01. The molecule has 0 spiro atoms. The maximum Gasteiger partial charge on any atom is 0.236 e. The second kappa shape index (κ2) is 6.11. The van der Waals surface area contributed by atoms with Gasteiger partial charge in [-0.25, -0.2) is 4.39 Å². The van der Waals surface area contributed by atoms with Crippen molar-refractivity contribution in [3.05, 3.63) is 35.6 Å². The summed E-state index contributed by atoms with van der Waals surface area (Å²) in [4.78, 5) is 14.3. The second-order valence-corrected chi connectivity index (χ2v) is 5.56. The van der Waals surface area contributed by atoms with E-state index in [9.17, 15) is 9.18 Å². The summed E-state index contributed by atoms with van der Waals surface area (Å²) in [7, 11) is 1.68. The number of amides is 1. The Morgan fingerprint density at radius 1 is 1.38 bits per heavy atom. The number of nitrogens with two attached hydrogens (primary N) is 1. The van der Waals surface area contributed by atoms with E-state index in [0.29, 0.717) is 19.4 Å². The van der Waals surface area contributed by atoms with Crippen molar-refractivity contribution < 1.29 is 14.4 Å². The lowest BCUT2D eigenvalue weighted by molar-refractivity contribution is -0.137. The van der Waals surface area contributed by atoms with Crippen LogP contribution in [-0.4, -0.2) is 28.9 Å². The molecule has 2 rings (SSSR count). The molecule has 0 atom stereocenters. The molecule has 1 saturated carbocycles. The number of oxime groups is 1. The first-order valence-electron chi connectivity index (χ1n) is 6.97. The van der Waals surface area contributed by atoms with Gasteiger partial charge in [-0.1, -0.05) is 30.1 Å². The molecule has 1 aliphatic carbocycles. The molecule has 0 unspecified atom stereocenters. The van der Waals surface area contributed by atoms with E-state index >= 15 is 0 Å². The summed E-state index contributed by atoms with van der Waals surface area (Å²) >= 11 is 0. The molecule has 1 fully saturated rings. The molecule has 0 aromatic heterocycles. The van der Waals surface area contributed by atoms with Gasteiger partial charge < -0.3 is 15.8 Å². The Labute approximate surface area is 123 Å². The van der Waals surface area contributed by atoms with Crippen LogP contribution in [0.3, 0.4) is 0 Å². The van der Waals surface area contributed by atoms with Gasteiger partial charge in [0.25, 0.3) is 0 Å². The minimum atomic E-state index is -0.899. The average Bonchev–Trinajstić information content (AvgIpc) is 2.98. The molecule has 1 aromatic carbocycles. The Hall–Kier alpha value is -2.11. The number of hydrogen-bond donors (Lipinski definition) is 2. The molecule has 0 bridgehead atoms. The second-order valence-electron chi connectivity index (χ2n) is 5.56. The highest BCUT2D eigenvalue weighted by atomic mass is 19.1. The van der Waals surface area contributed by atoms with Gasteiger partial charge in [0, 0.05) is 13.6 Å². The van der Waals surface area contributed by atoms with E-state index < -0.39 is 5.41 Å². The van der Waals surface area contributed by atoms with Crippen molar-refractivity contribution in [1.82, 2.24) is 4.90 Å². The van der Waals surface area contributed by atoms with Gasteiger partial charge in [0.05, 0.1) is 0 Å². The van der Waals surface area contributed by atoms with E-state index in [1.165, 1.54) is 12.1 Å². The smallest absolute Gasteiger partial charge is 0.236 e. The first kappa shape index (κ1) is 15.3. The molecule has 3 N–H and O–H groups in total. The highest BCUT2D eigenvalue weighted by molar-refractivity contribution is 6.06. The summed E-state index contributed by atoms with van der Waals surface area (Å²) in [5.41, 5.74) is 5.70. The predicted octanol–water partition coefficient (Wildman–Crippen LogP) is 2.09. The van der Waals surface area contributed by atoms with Crippen LogP contribution in [-0.2, 0) is 11.3 Å². The maximum atomic E-state index is 12.9. The summed E-state index contributed by atoms with van der Waals surface area (Å²) in [5.74, 6) is -0.479. The molecule has 0 radical (unpaired) electrons. The van der Waals surface area contributed by atoms with E-state index in [4.69, 9.17) is 10.9 Å². The van der Waals surface area contributed by atoms with Crippen LogP contribution in [0.25, 0.3) is 0 Å². The number of halogens is 1. The number of rotatable bonds is 4. The highest BCUT2D eigenvalue weighted by Gasteiger charge is 2.46. The van der Waals surface area contributed by atoms with Crippen LogP contribution in [0.2, 0.25) is 0 Å². The van der Waals surface area contributed by atoms with Crippen molar-refractivity contribution in [2.24, 2.45) is 16.3 Å². The summed E-state index contributed by atoms with van der Waals surface area (Å²) < 4.78 is 12.9. The minimum Gasteiger partial charge on any atom is -0.409 e. The van der Waals surface area contributed by atoms with Gasteiger partial charge in [-0.15, -0.1) is 0 Å². The molecule has 114 valence electrons. The molecule has 1 aliphatic rings. The Morgan fingerprint density at radius 3 is 2.48 bits per heavy atom. The van der Waals surface area contributed by atoms with Gasteiger partial charge in [-0.2, -0.15) is 0 Å². The Bertz CT molecular complexity index is 536. The van der Waals surface area contributed by atoms with Gasteiger partial charge in [-0.05, 0) is 30.5 Å². The Kier molecular flexibility index (Phi) is 4.45. The molecular formula is C15H20FN3O2. The number of carbonyl (C=O) groups excluding carboxylic acids is 1. The SMILES string of the molecule is CN(Cc1ccc(F)cc1)C(=O)C1(C(N)=NO)CCCC1. The van der Waals surface area contributed by atoms with Crippen molar-refractivity contribution in [1.29, 1.82) is 0 Å². The van der Waals surface area contributed by atoms with Crippen LogP contribution >= 0.6 is 0 Å². The van der Waals surface area contributed by atoms with Gasteiger partial charge in [-0.3, -0.25) is 4.79 Å². The van der Waals surface area contributed by atoms with Crippen LogP contribution < -0.4 is 5.73 Å². The highest BCUT2D eigenvalue weighted by Crippen LogP contribution is 2.40. The van der Waals surface area contributed by atoms with Crippen molar-refractivity contribution in [3.63, 3.8) is 0 Å². The monoisotopic (exact) mass is 293 g/mol. The minimum absolute atomic E-state index is 0.0176. The fourth-order valence-corrected chi connectivity index (χ4v) is 2.95. The van der Waals surface area contributed by atoms with E-state index in [1.807, 2.05) is 0 Å². The zero-order valence-electron chi connectivity index (χ0n) is 12.1. The third-order valence-corrected chi connectivity index (χ3v) is 4.14. The number of amidine groups is 1. The zero-order chi connectivity index (χ0) is 15.5. The van der Waals surface area contributed by atoms with Crippen molar-refractivity contribution in [2.45, 2.75) is 32.2 Å². The lowest BCUT2D eigenvalue weighted by Crippen LogP contribution is -2.48. The molecule has 0 aliphatic heterocycles. The van der Waals surface area contributed by atoms with Gasteiger partial charge in [0.2, 0.25) is 5.91 Å². The van der Waals surface area contributed by atoms with E-state index in [2.05, 4.69) is 5.16 Å². The molecule has 0 heterocycles. The Morgan fingerprint density at radius 2 is 1.95 bits per heavy atom. The standard InChI is InChI=1S/C15H20FN3O2/c1-19(10-11-4-6-12(16)7-5-11)14(20)15(13(17)18-21)8-2-3-9-15/h4-7,21H,2-3,8-10H2,1H3,(H2,17,18). The van der Waals surface area contributed by atoms with Crippen LogP contribution in [0.1, 0.15) is 31.2 Å². The van der Waals surface area contributed by atoms with E-state index in [0.717, 1.165) is 18.4 Å². The summed E-state index contributed by atoms with van der Waals surface area (Å²) in [6.45, 7) is 0.361. The third kappa shape index (κ3) is 2.99. The van der Waals surface area contributed by atoms with Crippen molar-refractivity contribution in [2.75, 3.05) is 7.05 Å². The number of carbonyl (C=O) groups is 1. The lowest BCUT2D eigenvalue weighted by Gasteiger charge is -2.31. The van der Waals surface area contributed by atoms with Crippen LogP contribution in [0.15, 0.2) is 29.4 Å². The Balaban J connectivity index is 2.15. The van der Waals surface area contributed by atoms with Gasteiger partial charge >= 0.3 is 0 Å². The van der Waals surface area contributed by atoms with E-state index in [-0.39, 0.29) is 17.6 Å².